The Bertz CT molecular complexity index is 816. The lowest BCUT2D eigenvalue weighted by Crippen LogP contribution is -2.55. The average Bonchev–Trinajstić information content (AvgIpc) is 3.16. The summed E-state index contributed by atoms with van der Waals surface area (Å²) in [4.78, 5) is 9.76. The first-order valence-corrected chi connectivity index (χ1v) is 9.82. The molecule has 0 unspecified atom stereocenters. The predicted octanol–water partition coefficient (Wildman–Crippen LogP) is 4.14. The maximum atomic E-state index is 6.11. The van der Waals surface area contributed by atoms with Crippen LogP contribution in [-0.2, 0) is 21.3 Å². The minimum Gasteiger partial charge on any atom is -0.347 e. The van der Waals surface area contributed by atoms with Gasteiger partial charge in [0.25, 0.3) is 0 Å². The van der Waals surface area contributed by atoms with Crippen molar-refractivity contribution in [2.45, 2.75) is 50.7 Å². The van der Waals surface area contributed by atoms with Crippen LogP contribution in [0.25, 0.3) is 11.4 Å². The van der Waals surface area contributed by atoms with E-state index in [1.807, 2.05) is 18.2 Å². The number of aromatic nitrogens is 2. The van der Waals surface area contributed by atoms with Gasteiger partial charge in [-0.1, -0.05) is 44.2 Å². The maximum absolute atomic E-state index is 6.11. The average molecular weight is 350 g/mol. The van der Waals surface area contributed by atoms with Gasteiger partial charge in [-0.05, 0) is 30.7 Å². The number of benzene rings is 1. The molecular weight excluding hydrogens is 324 g/mol. The molecule has 1 saturated carbocycles. The Balaban J connectivity index is 1.56. The summed E-state index contributed by atoms with van der Waals surface area (Å²) in [7, 11) is 0. The number of rotatable bonds is 1. The molecule has 4 heteroatoms. The van der Waals surface area contributed by atoms with Gasteiger partial charge in [0.05, 0.1) is 18.9 Å². The van der Waals surface area contributed by atoms with Gasteiger partial charge < -0.3 is 9.47 Å². The van der Waals surface area contributed by atoms with E-state index in [0.717, 1.165) is 50.3 Å². The molecule has 1 spiro atoms. The predicted molar refractivity (Wildman–Crippen MR) is 99.7 cm³/mol. The topological polar surface area (TPSA) is 44.2 Å². The van der Waals surface area contributed by atoms with Gasteiger partial charge >= 0.3 is 0 Å². The second-order valence-electron chi connectivity index (χ2n) is 8.29. The SMILES string of the molecule is C[C@H]1[C@@H]2CCc3cnc(-c4ccccc4)nc3[C@@]2(C)CCC12OCCO2. The highest BCUT2D eigenvalue weighted by atomic mass is 16.7. The van der Waals surface area contributed by atoms with Crippen molar-refractivity contribution in [2.75, 3.05) is 13.2 Å². The van der Waals surface area contributed by atoms with Gasteiger partial charge in [0.1, 0.15) is 0 Å². The lowest BCUT2D eigenvalue weighted by Gasteiger charge is -2.54. The molecular formula is C22H26N2O2. The highest BCUT2D eigenvalue weighted by molar-refractivity contribution is 5.55. The molecule has 1 aromatic carbocycles. The molecule has 0 amide bonds. The van der Waals surface area contributed by atoms with Gasteiger partial charge in [-0.25, -0.2) is 9.97 Å². The summed E-state index contributed by atoms with van der Waals surface area (Å²) < 4.78 is 12.2. The molecule has 5 rings (SSSR count). The second-order valence-corrected chi connectivity index (χ2v) is 8.29. The van der Waals surface area contributed by atoms with E-state index in [9.17, 15) is 0 Å². The lowest BCUT2D eigenvalue weighted by molar-refractivity contribution is -0.234. The van der Waals surface area contributed by atoms with Crippen LogP contribution in [-0.4, -0.2) is 29.0 Å². The van der Waals surface area contributed by atoms with Gasteiger partial charge in [0.15, 0.2) is 11.6 Å². The van der Waals surface area contributed by atoms with Gasteiger partial charge in [0, 0.05) is 29.5 Å². The summed E-state index contributed by atoms with van der Waals surface area (Å²) >= 11 is 0. The molecule has 3 aliphatic rings. The normalized spacial score (nSPS) is 32.2. The van der Waals surface area contributed by atoms with Crippen molar-refractivity contribution in [3.05, 3.63) is 47.8 Å². The van der Waals surface area contributed by atoms with Crippen LogP contribution in [0.1, 0.15) is 44.4 Å². The van der Waals surface area contributed by atoms with Crippen LogP contribution in [0.15, 0.2) is 36.5 Å². The minimum atomic E-state index is -0.364. The van der Waals surface area contributed by atoms with E-state index in [0.29, 0.717) is 11.8 Å². The standard InChI is InChI=1S/C22H26N2O2/c1-15-18-9-8-17-14-23-20(16-6-4-3-5-7-16)24-19(17)21(18,2)10-11-22(15)25-12-13-26-22/h3-7,14-15,18H,8-13H2,1-2H3/t15-,18-,21-/m0/s1. The number of nitrogens with zero attached hydrogens (tertiary/aromatic N) is 2. The van der Waals surface area contributed by atoms with Crippen molar-refractivity contribution in [3.8, 4) is 11.4 Å². The highest BCUT2D eigenvalue weighted by Crippen LogP contribution is 2.56. The van der Waals surface area contributed by atoms with Gasteiger partial charge in [-0.2, -0.15) is 0 Å². The van der Waals surface area contributed by atoms with Crippen LogP contribution in [0, 0.1) is 11.8 Å². The fraction of sp³-hybridized carbons (Fsp3) is 0.545. The van der Waals surface area contributed by atoms with Gasteiger partial charge in [0.2, 0.25) is 0 Å². The molecule has 0 bridgehead atoms. The molecule has 1 saturated heterocycles. The monoisotopic (exact) mass is 350 g/mol. The van der Waals surface area contributed by atoms with Crippen molar-refractivity contribution in [2.24, 2.45) is 11.8 Å². The summed E-state index contributed by atoms with van der Waals surface area (Å²) in [6, 6.07) is 10.3. The van der Waals surface area contributed by atoms with Crippen molar-refractivity contribution in [3.63, 3.8) is 0 Å². The molecule has 1 aromatic heterocycles. The summed E-state index contributed by atoms with van der Waals surface area (Å²) in [6.07, 6.45) is 6.27. The zero-order valence-corrected chi connectivity index (χ0v) is 15.6. The summed E-state index contributed by atoms with van der Waals surface area (Å²) in [6.45, 7) is 6.17. The molecule has 2 heterocycles. The summed E-state index contributed by atoms with van der Waals surface area (Å²) in [5, 5.41) is 0. The molecule has 0 N–H and O–H groups in total. The van der Waals surface area contributed by atoms with Crippen LogP contribution >= 0.6 is 0 Å². The molecule has 1 aliphatic heterocycles. The van der Waals surface area contributed by atoms with E-state index >= 15 is 0 Å². The zero-order valence-electron chi connectivity index (χ0n) is 15.6. The number of ether oxygens (including phenoxy) is 2. The molecule has 2 fully saturated rings. The molecule has 4 nitrogen and oxygen atoms in total. The van der Waals surface area contributed by atoms with Crippen LogP contribution in [0.5, 0.6) is 0 Å². The number of hydrogen-bond acceptors (Lipinski definition) is 4. The third kappa shape index (κ3) is 2.28. The number of fused-ring (bicyclic) bond motifs is 3. The van der Waals surface area contributed by atoms with Gasteiger partial charge in [-0.15, -0.1) is 0 Å². The van der Waals surface area contributed by atoms with E-state index in [1.165, 1.54) is 11.3 Å². The largest absolute Gasteiger partial charge is 0.347 e. The lowest BCUT2D eigenvalue weighted by atomic mass is 9.55. The van der Waals surface area contributed by atoms with Crippen molar-refractivity contribution in [1.82, 2.24) is 9.97 Å². The molecule has 2 aromatic rings. The van der Waals surface area contributed by atoms with E-state index in [-0.39, 0.29) is 11.2 Å². The first kappa shape index (κ1) is 16.4. The van der Waals surface area contributed by atoms with Crippen LogP contribution in [0.4, 0.5) is 0 Å². The second kappa shape index (κ2) is 5.86. The smallest absolute Gasteiger partial charge is 0.171 e. The fourth-order valence-electron chi connectivity index (χ4n) is 5.57. The number of aryl methyl sites for hydroxylation is 1. The van der Waals surface area contributed by atoms with Crippen LogP contribution in [0.2, 0.25) is 0 Å². The summed E-state index contributed by atoms with van der Waals surface area (Å²) in [5.41, 5.74) is 3.73. The van der Waals surface area contributed by atoms with E-state index in [4.69, 9.17) is 14.5 Å². The van der Waals surface area contributed by atoms with Crippen molar-refractivity contribution < 1.29 is 9.47 Å². The van der Waals surface area contributed by atoms with Crippen molar-refractivity contribution in [1.29, 1.82) is 0 Å². The van der Waals surface area contributed by atoms with E-state index in [1.54, 1.807) is 0 Å². The van der Waals surface area contributed by atoms with Crippen LogP contribution in [0.3, 0.4) is 0 Å². The molecule has 3 atom stereocenters. The molecule has 2 aliphatic carbocycles. The minimum absolute atomic E-state index is 0.0695. The maximum Gasteiger partial charge on any atom is 0.171 e. The third-order valence-corrected chi connectivity index (χ3v) is 7.05. The fourth-order valence-corrected chi connectivity index (χ4v) is 5.57. The van der Waals surface area contributed by atoms with E-state index in [2.05, 4.69) is 37.2 Å². The molecule has 26 heavy (non-hydrogen) atoms. The van der Waals surface area contributed by atoms with Crippen molar-refractivity contribution >= 4 is 0 Å². The third-order valence-electron chi connectivity index (χ3n) is 7.05. The summed E-state index contributed by atoms with van der Waals surface area (Å²) in [5.74, 6) is 1.39. The first-order chi connectivity index (χ1) is 12.6. The number of hydrogen-bond donors (Lipinski definition) is 0. The van der Waals surface area contributed by atoms with E-state index < -0.39 is 0 Å². The zero-order chi connectivity index (χ0) is 17.8. The Morgan fingerprint density at radius 2 is 1.85 bits per heavy atom. The molecule has 136 valence electrons. The Morgan fingerprint density at radius 1 is 1.08 bits per heavy atom. The Hall–Kier alpha value is -1.78. The van der Waals surface area contributed by atoms with Gasteiger partial charge in [-0.3, -0.25) is 0 Å². The Labute approximate surface area is 155 Å². The highest BCUT2D eigenvalue weighted by Gasteiger charge is 2.57. The van der Waals surface area contributed by atoms with Crippen LogP contribution < -0.4 is 0 Å². The Kier molecular flexibility index (Phi) is 3.70. The first-order valence-electron chi connectivity index (χ1n) is 9.82. The molecule has 0 radical (unpaired) electrons. The quantitative estimate of drug-likeness (QED) is 0.775. The Morgan fingerprint density at radius 3 is 2.62 bits per heavy atom.